The minimum Gasteiger partial charge on any atom is -0.489 e. The minimum absolute atomic E-state index is 0.234. The lowest BCUT2D eigenvalue weighted by Gasteiger charge is -2.11. The van der Waals surface area contributed by atoms with Gasteiger partial charge in [0.15, 0.2) is 0 Å². The van der Waals surface area contributed by atoms with E-state index in [1.807, 2.05) is 0 Å². The molecule has 0 saturated carbocycles. The number of aromatic nitrogens is 1. The molecule has 0 fully saturated rings. The van der Waals surface area contributed by atoms with E-state index in [1.165, 1.54) is 0 Å². The molecule has 0 saturated heterocycles. The molecule has 0 aliphatic heterocycles. The highest BCUT2D eigenvalue weighted by molar-refractivity contribution is 5.54. The molecule has 0 aliphatic carbocycles. The molecule has 0 amide bonds. The van der Waals surface area contributed by atoms with E-state index in [2.05, 4.69) is 14.5 Å². The fraction of sp³-hybridized carbons (Fsp3) is 0.375. The Kier molecular flexibility index (Phi) is 3.39. The average molecular weight is 252 g/mol. The first-order valence-corrected chi connectivity index (χ1v) is 4.20. The molecule has 0 bridgehead atoms. The van der Waals surface area contributed by atoms with Crippen molar-refractivity contribution in [3.63, 3.8) is 0 Å². The lowest BCUT2D eigenvalue weighted by atomic mass is 10.2. The Morgan fingerprint density at radius 1 is 1.47 bits per heavy atom. The van der Waals surface area contributed by atoms with Gasteiger partial charge in [-0.1, -0.05) is 0 Å². The highest BCUT2D eigenvalue weighted by Gasteiger charge is 2.34. The number of rotatable bonds is 3. The highest BCUT2D eigenvalue weighted by atomic mass is 19.4. The molecule has 1 heterocycles. The van der Waals surface area contributed by atoms with Gasteiger partial charge in [0, 0.05) is 0 Å². The Morgan fingerprint density at radius 3 is 2.47 bits per heavy atom. The van der Waals surface area contributed by atoms with Crippen LogP contribution in [0.15, 0.2) is 6.20 Å². The quantitative estimate of drug-likeness (QED) is 0.609. The van der Waals surface area contributed by atoms with E-state index in [0.29, 0.717) is 0 Å². The Bertz CT molecular complexity index is 447. The van der Waals surface area contributed by atoms with Gasteiger partial charge in [-0.15, -0.1) is 13.2 Å². The summed E-state index contributed by atoms with van der Waals surface area (Å²) in [4.78, 5) is 13.1. The van der Waals surface area contributed by atoms with E-state index >= 15 is 0 Å². The zero-order chi connectivity index (χ0) is 13.2. The molecular weight excluding hydrogens is 245 g/mol. The van der Waals surface area contributed by atoms with Gasteiger partial charge in [-0.3, -0.25) is 10.1 Å². The van der Waals surface area contributed by atoms with Gasteiger partial charge >= 0.3 is 12.0 Å². The third kappa shape index (κ3) is 2.95. The van der Waals surface area contributed by atoms with E-state index in [4.69, 9.17) is 0 Å². The largest absolute Gasteiger partial charge is 0.574 e. The van der Waals surface area contributed by atoms with Crippen molar-refractivity contribution < 1.29 is 27.6 Å². The molecule has 9 heteroatoms. The normalized spacial score (nSPS) is 11.1. The van der Waals surface area contributed by atoms with Crippen LogP contribution in [0.2, 0.25) is 0 Å². The minimum atomic E-state index is -4.96. The van der Waals surface area contributed by atoms with Crippen molar-refractivity contribution >= 4 is 5.69 Å². The summed E-state index contributed by atoms with van der Waals surface area (Å²) >= 11 is 0. The van der Waals surface area contributed by atoms with Crippen molar-refractivity contribution in [3.05, 3.63) is 21.9 Å². The Hall–Kier alpha value is -2.06. The second-order valence-corrected chi connectivity index (χ2v) is 2.91. The van der Waals surface area contributed by atoms with Gasteiger partial charge in [0.2, 0.25) is 11.6 Å². The fourth-order valence-electron chi connectivity index (χ4n) is 1.15. The van der Waals surface area contributed by atoms with Crippen LogP contribution in [0.5, 0.6) is 11.6 Å². The summed E-state index contributed by atoms with van der Waals surface area (Å²) in [6, 6.07) is 0. The molecule has 0 radical (unpaired) electrons. The number of ether oxygens (including phenoxy) is 2. The fourth-order valence-corrected chi connectivity index (χ4v) is 1.15. The van der Waals surface area contributed by atoms with Crippen LogP contribution in [-0.2, 0) is 0 Å². The van der Waals surface area contributed by atoms with Crippen LogP contribution in [0.4, 0.5) is 18.9 Å². The molecule has 0 aliphatic rings. The van der Waals surface area contributed by atoms with Gasteiger partial charge in [0.05, 0.1) is 23.8 Å². The molecule has 0 unspecified atom stereocenters. The highest BCUT2D eigenvalue weighted by Crippen LogP contribution is 2.36. The first-order valence-electron chi connectivity index (χ1n) is 4.20. The summed E-state index contributed by atoms with van der Waals surface area (Å²) in [5, 5.41) is 10.7. The standard InChI is InChI=1S/C8H7F3N2O4/c1-4-6(13(14)15)5(16-2)3-12-7(4)17-8(9,10)11/h3H,1-2H3. The molecule has 17 heavy (non-hydrogen) atoms. The van der Waals surface area contributed by atoms with Crippen LogP contribution < -0.4 is 9.47 Å². The third-order valence-electron chi connectivity index (χ3n) is 1.82. The molecule has 0 spiro atoms. The Labute approximate surface area is 93.1 Å². The van der Waals surface area contributed by atoms with E-state index in [0.717, 1.165) is 20.2 Å². The summed E-state index contributed by atoms with van der Waals surface area (Å²) in [5.74, 6) is -1.10. The Morgan fingerprint density at radius 2 is 2.06 bits per heavy atom. The molecule has 1 aromatic rings. The molecule has 1 aromatic heterocycles. The zero-order valence-corrected chi connectivity index (χ0v) is 8.74. The van der Waals surface area contributed by atoms with Crippen molar-refractivity contribution in [1.82, 2.24) is 4.98 Å². The summed E-state index contributed by atoms with van der Waals surface area (Å²) in [6.07, 6.45) is -4.16. The molecular formula is C8H7F3N2O4. The van der Waals surface area contributed by atoms with E-state index < -0.39 is 22.9 Å². The van der Waals surface area contributed by atoms with Crippen LogP contribution >= 0.6 is 0 Å². The first-order chi connectivity index (χ1) is 7.76. The van der Waals surface area contributed by atoms with Crippen molar-refractivity contribution in [2.75, 3.05) is 7.11 Å². The van der Waals surface area contributed by atoms with Crippen LogP contribution in [0.25, 0.3) is 0 Å². The van der Waals surface area contributed by atoms with Gasteiger partial charge in [-0.05, 0) is 6.92 Å². The predicted molar refractivity (Wildman–Crippen MR) is 48.9 cm³/mol. The molecule has 0 aromatic carbocycles. The maximum Gasteiger partial charge on any atom is 0.574 e. The molecule has 6 nitrogen and oxygen atoms in total. The number of methoxy groups -OCH3 is 1. The van der Waals surface area contributed by atoms with Gasteiger partial charge in [-0.25, -0.2) is 4.98 Å². The first kappa shape index (κ1) is 13.0. The van der Waals surface area contributed by atoms with Crippen molar-refractivity contribution in [2.45, 2.75) is 13.3 Å². The second kappa shape index (κ2) is 4.44. The molecule has 94 valence electrons. The number of hydrogen-bond donors (Lipinski definition) is 0. The molecule has 1 rings (SSSR count). The SMILES string of the molecule is COc1cnc(OC(F)(F)F)c(C)c1[N+](=O)[O-]. The van der Waals surface area contributed by atoms with Gasteiger partial charge in [0.25, 0.3) is 0 Å². The van der Waals surface area contributed by atoms with Gasteiger partial charge in [0.1, 0.15) is 0 Å². The molecule has 0 atom stereocenters. The zero-order valence-electron chi connectivity index (χ0n) is 8.74. The topological polar surface area (TPSA) is 74.5 Å². The monoisotopic (exact) mass is 252 g/mol. The van der Waals surface area contributed by atoms with E-state index in [-0.39, 0.29) is 11.3 Å². The lowest BCUT2D eigenvalue weighted by Crippen LogP contribution is -2.19. The number of alkyl halides is 3. The van der Waals surface area contributed by atoms with Crippen LogP contribution in [-0.4, -0.2) is 23.4 Å². The summed E-state index contributed by atoms with van der Waals surface area (Å²) in [5.41, 5.74) is -0.964. The third-order valence-corrected chi connectivity index (χ3v) is 1.82. The van der Waals surface area contributed by atoms with Crippen molar-refractivity contribution in [1.29, 1.82) is 0 Å². The lowest BCUT2D eigenvalue weighted by molar-refractivity contribution is -0.386. The van der Waals surface area contributed by atoms with Crippen LogP contribution in [0.1, 0.15) is 5.56 Å². The van der Waals surface area contributed by atoms with Crippen LogP contribution in [0.3, 0.4) is 0 Å². The van der Waals surface area contributed by atoms with Gasteiger partial charge < -0.3 is 9.47 Å². The number of pyridine rings is 1. The predicted octanol–water partition coefficient (Wildman–Crippen LogP) is 2.21. The number of halogens is 3. The maximum atomic E-state index is 12.0. The van der Waals surface area contributed by atoms with Crippen molar-refractivity contribution in [3.8, 4) is 11.6 Å². The summed E-state index contributed by atoms with van der Waals surface area (Å²) < 4.78 is 44.1. The van der Waals surface area contributed by atoms with E-state index in [9.17, 15) is 23.3 Å². The average Bonchev–Trinajstić information content (AvgIpc) is 2.18. The van der Waals surface area contributed by atoms with Gasteiger partial charge in [-0.2, -0.15) is 0 Å². The summed E-state index contributed by atoms with van der Waals surface area (Å²) in [7, 11) is 1.15. The number of nitro groups is 1. The van der Waals surface area contributed by atoms with Crippen molar-refractivity contribution in [2.24, 2.45) is 0 Å². The number of hydrogen-bond acceptors (Lipinski definition) is 5. The summed E-state index contributed by atoms with van der Waals surface area (Å²) in [6.45, 7) is 1.09. The van der Waals surface area contributed by atoms with Crippen LogP contribution in [0, 0.1) is 17.0 Å². The second-order valence-electron chi connectivity index (χ2n) is 2.91. The Balaban J connectivity index is 3.28. The maximum absolute atomic E-state index is 12.0. The smallest absolute Gasteiger partial charge is 0.489 e. The number of nitrogens with zero attached hydrogens (tertiary/aromatic N) is 2. The molecule has 0 N–H and O–H groups in total. The van der Waals surface area contributed by atoms with E-state index in [1.54, 1.807) is 0 Å².